The second-order valence-corrected chi connectivity index (χ2v) is 11.4. The predicted molar refractivity (Wildman–Crippen MR) is 95.1 cm³/mol. The van der Waals surface area contributed by atoms with Gasteiger partial charge in [0.25, 0.3) is 0 Å². The van der Waals surface area contributed by atoms with Crippen LogP contribution in [0.1, 0.15) is 54.9 Å². The zero-order valence-electron chi connectivity index (χ0n) is 15.3. The van der Waals surface area contributed by atoms with Crippen molar-refractivity contribution >= 4 is 8.80 Å². The number of rotatable bonds is 2. The summed E-state index contributed by atoms with van der Waals surface area (Å²) in [7, 11) is -0.697. The van der Waals surface area contributed by atoms with Gasteiger partial charge in [0, 0.05) is 40.9 Å². The molecule has 22 heavy (non-hydrogen) atoms. The van der Waals surface area contributed by atoms with Gasteiger partial charge in [-0.05, 0) is 31.9 Å². The quantitative estimate of drug-likeness (QED) is 0.417. The maximum Gasteiger partial charge on any atom is 0.0317 e. The average Bonchev–Trinajstić information content (AvgIpc) is 2.67. The van der Waals surface area contributed by atoms with Crippen LogP contribution in [0.15, 0.2) is 39.0 Å². The Morgan fingerprint density at radius 3 is 2.00 bits per heavy atom. The van der Waals surface area contributed by atoms with E-state index in [0.717, 1.165) is 0 Å². The summed E-state index contributed by atoms with van der Waals surface area (Å²) in [5.41, 5.74) is 10.9. The van der Waals surface area contributed by atoms with Gasteiger partial charge in [-0.15, -0.1) is 12.5 Å². The van der Waals surface area contributed by atoms with Crippen LogP contribution in [0.5, 0.6) is 0 Å². The van der Waals surface area contributed by atoms with E-state index in [-0.39, 0.29) is 26.2 Å². The van der Waals surface area contributed by atoms with Crippen molar-refractivity contribution in [2.45, 2.75) is 72.0 Å². The third-order valence-electron chi connectivity index (χ3n) is 6.74. The molecule has 2 heteroatoms. The molecule has 1 heterocycles. The summed E-state index contributed by atoms with van der Waals surface area (Å²) in [6, 6.07) is 3.03. The van der Waals surface area contributed by atoms with Crippen molar-refractivity contribution in [3.05, 3.63) is 45.1 Å². The van der Waals surface area contributed by atoms with E-state index in [9.17, 15) is 0 Å². The predicted octanol–water partition coefficient (Wildman–Crippen LogP) is 5.76. The minimum absolute atomic E-state index is 0. The fraction of sp³-hybridized carbons (Fsp3) is 0.600. The molecule has 2 aliphatic carbocycles. The second kappa shape index (κ2) is 6.17. The van der Waals surface area contributed by atoms with Crippen molar-refractivity contribution in [3.8, 4) is 0 Å². The van der Waals surface area contributed by atoms with Gasteiger partial charge in [0.15, 0.2) is 0 Å². The first-order valence-electron chi connectivity index (χ1n) is 8.51. The Hall–Kier alpha value is 0.0600. The van der Waals surface area contributed by atoms with Crippen molar-refractivity contribution < 1.29 is 26.2 Å². The molecular formula is C20H29SiZr-. The Kier molecular flexibility index (Phi) is 5.16. The van der Waals surface area contributed by atoms with E-state index in [1.54, 1.807) is 22.3 Å². The number of allylic oxidation sites excluding steroid dienone is 8. The molecule has 2 atom stereocenters. The summed E-state index contributed by atoms with van der Waals surface area (Å²) < 4.78 is 0. The van der Waals surface area contributed by atoms with Gasteiger partial charge in [-0.2, -0.15) is 5.57 Å². The van der Waals surface area contributed by atoms with Crippen LogP contribution in [0.2, 0.25) is 17.1 Å². The standard InChI is InChI=1S/C20H29Si.Zr/c1-12-11-20(7,21-9-8-10-21)19(13(12)2)18-16(5)14(3)15(4)17(18)6;/h16,21H,8-10H2,1-7H3;/q-1;. The van der Waals surface area contributed by atoms with Gasteiger partial charge in [0.05, 0.1) is 0 Å². The monoisotopic (exact) mass is 387 g/mol. The minimum atomic E-state index is -0.697. The fourth-order valence-corrected chi connectivity index (χ4v) is 7.84. The van der Waals surface area contributed by atoms with Crippen LogP contribution in [0.4, 0.5) is 0 Å². The Morgan fingerprint density at radius 2 is 1.59 bits per heavy atom. The Labute approximate surface area is 157 Å². The van der Waals surface area contributed by atoms with E-state index < -0.39 is 8.80 Å². The van der Waals surface area contributed by atoms with E-state index in [1.807, 2.05) is 0 Å². The number of hydrogen-bond donors (Lipinski definition) is 0. The van der Waals surface area contributed by atoms with Crippen molar-refractivity contribution in [2.24, 2.45) is 5.92 Å². The molecular weight excluding hydrogens is 360 g/mol. The van der Waals surface area contributed by atoms with Crippen molar-refractivity contribution in [1.82, 2.24) is 0 Å². The van der Waals surface area contributed by atoms with Crippen LogP contribution < -0.4 is 0 Å². The third kappa shape index (κ3) is 2.40. The van der Waals surface area contributed by atoms with Crippen molar-refractivity contribution in [1.29, 1.82) is 0 Å². The molecule has 0 radical (unpaired) electrons. The Morgan fingerprint density at radius 1 is 1.00 bits per heavy atom. The largest absolute Gasteiger partial charge is 0.266 e. The third-order valence-corrected chi connectivity index (χ3v) is 11.0. The topological polar surface area (TPSA) is 0 Å². The van der Waals surface area contributed by atoms with Crippen LogP contribution in [-0.4, -0.2) is 8.80 Å². The number of hydrogen-bond acceptors (Lipinski definition) is 0. The van der Waals surface area contributed by atoms with Gasteiger partial charge in [-0.1, -0.05) is 55.5 Å². The van der Waals surface area contributed by atoms with E-state index in [4.69, 9.17) is 0 Å². The van der Waals surface area contributed by atoms with Gasteiger partial charge in [-0.3, -0.25) is 6.08 Å². The smallest absolute Gasteiger partial charge is 0.0317 e. The summed E-state index contributed by atoms with van der Waals surface area (Å²) in [6.45, 7) is 16.5. The average molecular weight is 389 g/mol. The zero-order chi connectivity index (χ0) is 15.5. The van der Waals surface area contributed by atoms with Gasteiger partial charge in [-0.25, -0.2) is 5.57 Å². The summed E-state index contributed by atoms with van der Waals surface area (Å²) in [4.78, 5) is 0. The maximum atomic E-state index is 3.93. The molecule has 1 aliphatic heterocycles. The molecule has 3 rings (SSSR count). The van der Waals surface area contributed by atoms with Crippen molar-refractivity contribution in [2.75, 3.05) is 0 Å². The molecule has 0 bridgehead atoms. The van der Waals surface area contributed by atoms with Crippen LogP contribution in [0.25, 0.3) is 0 Å². The van der Waals surface area contributed by atoms with Gasteiger partial charge in [0.2, 0.25) is 0 Å². The molecule has 0 aromatic rings. The minimum Gasteiger partial charge on any atom is -0.266 e. The summed E-state index contributed by atoms with van der Waals surface area (Å²) in [5.74, 6) is 0.594. The first kappa shape index (κ1) is 18.4. The summed E-state index contributed by atoms with van der Waals surface area (Å²) in [5, 5.41) is 0.294. The molecule has 0 saturated carbocycles. The van der Waals surface area contributed by atoms with Crippen LogP contribution >= 0.6 is 0 Å². The summed E-state index contributed by atoms with van der Waals surface area (Å²) in [6.07, 6.45) is 5.39. The van der Waals surface area contributed by atoms with E-state index in [0.29, 0.717) is 11.0 Å². The fourth-order valence-electron chi connectivity index (χ4n) is 4.66. The van der Waals surface area contributed by atoms with Crippen molar-refractivity contribution in [3.63, 3.8) is 0 Å². The van der Waals surface area contributed by atoms with Crippen LogP contribution in [-0.2, 0) is 26.2 Å². The molecule has 0 spiro atoms. The molecule has 1 saturated heterocycles. The second-order valence-electron chi connectivity index (χ2n) is 7.65. The molecule has 0 nitrogen and oxygen atoms in total. The molecule has 1 fully saturated rings. The normalized spacial score (nSPS) is 32.5. The van der Waals surface area contributed by atoms with Gasteiger partial charge < -0.3 is 0 Å². The zero-order valence-corrected chi connectivity index (χ0v) is 18.9. The van der Waals surface area contributed by atoms with Crippen LogP contribution in [0.3, 0.4) is 0 Å². The van der Waals surface area contributed by atoms with Gasteiger partial charge >= 0.3 is 0 Å². The van der Waals surface area contributed by atoms with E-state index >= 15 is 0 Å². The SMILES string of the molecule is CC1=[C-]C(C)([SiH]2CCC2)C(C2=C(C)C(C)=C(C)C2C)=C1C.[Zr]. The van der Waals surface area contributed by atoms with E-state index in [2.05, 4.69) is 54.5 Å². The Balaban J connectivity index is 0.00000176. The van der Waals surface area contributed by atoms with Gasteiger partial charge in [0.1, 0.15) is 0 Å². The molecule has 0 aromatic carbocycles. The molecule has 0 amide bonds. The molecule has 0 aromatic heterocycles. The first-order valence-corrected chi connectivity index (χ1v) is 10.7. The molecule has 118 valence electrons. The summed E-state index contributed by atoms with van der Waals surface area (Å²) >= 11 is 0. The first-order chi connectivity index (χ1) is 9.79. The molecule has 0 N–H and O–H groups in total. The maximum absolute atomic E-state index is 3.93. The van der Waals surface area contributed by atoms with Crippen LogP contribution in [0, 0.1) is 12.0 Å². The molecule has 3 aliphatic rings. The Bertz CT molecular complexity index is 628. The molecule has 2 unspecified atom stereocenters. The van der Waals surface area contributed by atoms with E-state index in [1.165, 1.54) is 35.2 Å².